The first-order valence-electron chi connectivity index (χ1n) is 10.0. The van der Waals surface area contributed by atoms with Gasteiger partial charge in [-0.1, -0.05) is 0 Å². The molecule has 9 N–H and O–H groups in total. The lowest BCUT2D eigenvalue weighted by Crippen LogP contribution is -2.60. The number of ketones is 1. The lowest BCUT2D eigenvalue weighted by molar-refractivity contribution is -0.277. The summed E-state index contributed by atoms with van der Waals surface area (Å²) in [6.45, 7) is -0.691. The number of aromatic hydroxyl groups is 4. The number of hydrogen-bond acceptors (Lipinski definition) is 13. The quantitative estimate of drug-likeness (QED) is 0.223. The summed E-state index contributed by atoms with van der Waals surface area (Å²) in [5.74, 6) is -4.36. The van der Waals surface area contributed by atoms with Crippen LogP contribution in [0.1, 0.15) is 22.0 Å². The Balaban J connectivity index is 1.66. The monoisotopic (exact) mass is 482 g/mol. The minimum atomic E-state index is -1.85. The maximum atomic E-state index is 12.7. The molecular weight excluding hydrogens is 460 g/mol. The molecule has 2 aromatic rings. The Hall–Kier alpha value is -3.33. The third-order valence-electron chi connectivity index (χ3n) is 5.63. The number of aliphatic hydroxyl groups excluding tert-OH is 5. The number of phenolic OH excluding ortho intramolecular Hbond substituents is 4. The van der Waals surface area contributed by atoms with E-state index in [-0.39, 0.29) is 17.1 Å². The van der Waals surface area contributed by atoms with Crippen molar-refractivity contribution in [1.82, 2.24) is 0 Å². The second-order valence-corrected chi connectivity index (χ2v) is 7.89. The van der Waals surface area contributed by atoms with Crippen LogP contribution in [0, 0.1) is 0 Å². The largest absolute Gasteiger partial charge is 0.507 e. The number of carbonyl (C=O) groups is 1. The van der Waals surface area contributed by atoms with E-state index in [2.05, 4.69) is 0 Å². The Labute approximate surface area is 190 Å². The standard InChI is InChI=1S/C21H22O13/c22-5-12-15(27)17(29)19(31)21(34-12)32-7-3-8(23)13-11(4-7)33-20(18(30)16(13)28)6-1-9(24)14(26)10(25)2-6/h1-4,12,15,17-27,29-31H,5H2/t12-,15-,17+,18+,19-,20-,21-/m1/s1. The van der Waals surface area contributed by atoms with Gasteiger partial charge in [-0.05, 0) is 12.1 Å². The van der Waals surface area contributed by atoms with Crippen molar-refractivity contribution in [1.29, 1.82) is 0 Å². The van der Waals surface area contributed by atoms with Crippen molar-refractivity contribution in [3.63, 3.8) is 0 Å². The van der Waals surface area contributed by atoms with E-state index < -0.39 is 83.9 Å². The fourth-order valence-corrected chi connectivity index (χ4v) is 3.81. The minimum absolute atomic E-state index is 0.0703. The average molecular weight is 482 g/mol. The zero-order valence-electron chi connectivity index (χ0n) is 17.2. The van der Waals surface area contributed by atoms with Gasteiger partial charge in [-0.25, -0.2) is 0 Å². The van der Waals surface area contributed by atoms with Crippen LogP contribution in [0.3, 0.4) is 0 Å². The average Bonchev–Trinajstić information content (AvgIpc) is 2.79. The normalized spacial score (nSPS) is 31.0. The van der Waals surface area contributed by atoms with Crippen molar-refractivity contribution in [2.24, 2.45) is 0 Å². The molecule has 4 rings (SSSR count). The fourth-order valence-electron chi connectivity index (χ4n) is 3.81. The van der Waals surface area contributed by atoms with Gasteiger partial charge < -0.3 is 60.2 Å². The van der Waals surface area contributed by atoms with Crippen molar-refractivity contribution in [3.05, 3.63) is 35.4 Å². The first-order valence-corrected chi connectivity index (χ1v) is 10.0. The number of aliphatic hydroxyl groups is 5. The van der Waals surface area contributed by atoms with Gasteiger partial charge in [0.05, 0.1) is 6.61 Å². The maximum absolute atomic E-state index is 12.7. The number of hydrogen-bond donors (Lipinski definition) is 9. The van der Waals surface area contributed by atoms with Crippen LogP contribution in [0.5, 0.6) is 34.5 Å². The molecule has 7 atom stereocenters. The van der Waals surface area contributed by atoms with Crippen molar-refractivity contribution in [3.8, 4) is 34.5 Å². The molecular formula is C21H22O13. The molecule has 0 saturated carbocycles. The van der Waals surface area contributed by atoms with Crippen LogP contribution in [0.25, 0.3) is 0 Å². The van der Waals surface area contributed by atoms with E-state index in [0.29, 0.717) is 0 Å². The molecule has 0 amide bonds. The summed E-state index contributed by atoms with van der Waals surface area (Å²) >= 11 is 0. The molecule has 2 aliphatic heterocycles. The number of rotatable bonds is 4. The molecule has 1 saturated heterocycles. The smallest absolute Gasteiger partial charge is 0.229 e. The van der Waals surface area contributed by atoms with Crippen LogP contribution in [0.15, 0.2) is 24.3 Å². The number of fused-ring (bicyclic) bond motifs is 1. The molecule has 0 unspecified atom stereocenters. The third kappa shape index (κ3) is 3.94. The van der Waals surface area contributed by atoms with Crippen LogP contribution in [0.2, 0.25) is 0 Å². The molecule has 1 fully saturated rings. The van der Waals surface area contributed by atoms with Gasteiger partial charge in [0.25, 0.3) is 0 Å². The second-order valence-electron chi connectivity index (χ2n) is 7.89. The highest BCUT2D eigenvalue weighted by Crippen LogP contribution is 2.45. The van der Waals surface area contributed by atoms with Gasteiger partial charge in [-0.3, -0.25) is 4.79 Å². The third-order valence-corrected chi connectivity index (χ3v) is 5.63. The van der Waals surface area contributed by atoms with Gasteiger partial charge in [-0.2, -0.15) is 0 Å². The van der Waals surface area contributed by atoms with Gasteiger partial charge in [0, 0.05) is 17.7 Å². The molecule has 2 heterocycles. The van der Waals surface area contributed by atoms with E-state index in [0.717, 1.165) is 24.3 Å². The van der Waals surface area contributed by atoms with Crippen molar-refractivity contribution >= 4 is 5.78 Å². The Bertz CT molecular complexity index is 1080. The maximum Gasteiger partial charge on any atom is 0.229 e. The van der Waals surface area contributed by atoms with Gasteiger partial charge in [0.1, 0.15) is 47.2 Å². The number of benzene rings is 2. The molecule has 13 heteroatoms. The number of ether oxygens (including phenoxy) is 3. The van der Waals surface area contributed by atoms with E-state index in [1.165, 1.54) is 0 Å². The van der Waals surface area contributed by atoms with Gasteiger partial charge in [0.2, 0.25) is 12.1 Å². The predicted molar refractivity (Wildman–Crippen MR) is 108 cm³/mol. The molecule has 2 aromatic carbocycles. The molecule has 0 bridgehead atoms. The Kier molecular flexibility index (Phi) is 6.16. The van der Waals surface area contributed by atoms with Gasteiger partial charge >= 0.3 is 0 Å². The topological polar surface area (TPSA) is 227 Å². The lowest BCUT2D eigenvalue weighted by atomic mass is 9.92. The zero-order chi connectivity index (χ0) is 24.9. The molecule has 184 valence electrons. The molecule has 0 spiro atoms. The van der Waals surface area contributed by atoms with Crippen molar-refractivity contribution in [2.45, 2.75) is 42.9 Å². The van der Waals surface area contributed by atoms with E-state index in [1.54, 1.807) is 0 Å². The van der Waals surface area contributed by atoms with Crippen LogP contribution in [-0.2, 0) is 4.74 Å². The number of Topliss-reactive ketones (excluding diaryl/α,β-unsaturated/α-hetero) is 1. The minimum Gasteiger partial charge on any atom is -0.507 e. The second kappa shape index (κ2) is 8.79. The van der Waals surface area contributed by atoms with Crippen LogP contribution < -0.4 is 9.47 Å². The molecule has 0 radical (unpaired) electrons. The summed E-state index contributed by atoms with van der Waals surface area (Å²) in [5.41, 5.74) is -0.462. The first kappa shape index (κ1) is 23.8. The predicted octanol–water partition coefficient (Wildman–Crippen LogP) is -1.64. The van der Waals surface area contributed by atoms with E-state index in [4.69, 9.17) is 14.2 Å². The molecule has 0 aliphatic carbocycles. The van der Waals surface area contributed by atoms with Crippen LogP contribution in [0.4, 0.5) is 0 Å². The van der Waals surface area contributed by atoms with Gasteiger partial charge in [0.15, 0.2) is 29.5 Å². The summed E-state index contributed by atoms with van der Waals surface area (Å²) in [7, 11) is 0. The van der Waals surface area contributed by atoms with E-state index in [1.807, 2.05) is 0 Å². The highest BCUT2D eigenvalue weighted by atomic mass is 16.7. The lowest BCUT2D eigenvalue weighted by Gasteiger charge is -2.39. The Morgan fingerprint density at radius 1 is 0.853 bits per heavy atom. The number of phenols is 4. The summed E-state index contributed by atoms with van der Waals surface area (Å²) in [6.07, 6.45) is -11.2. The van der Waals surface area contributed by atoms with Crippen LogP contribution >= 0.6 is 0 Å². The van der Waals surface area contributed by atoms with Crippen LogP contribution in [-0.4, -0.2) is 95.2 Å². The van der Waals surface area contributed by atoms with E-state index >= 15 is 0 Å². The highest BCUT2D eigenvalue weighted by molar-refractivity contribution is 6.05. The van der Waals surface area contributed by atoms with Crippen molar-refractivity contribution < 1.29 is 65.0 Å². The summed E-state index contributed by atoms with van der Waals surface area (Å²) in [6, 6.07) is 4.02. The molecule has 34 heavy (non-hydrogen) atoms. The number of carbonyl (C=O) groups excluding carboxylic acids is 1. The highest BCUT2D eigenvalue weighted by Gasteiger charge is 2.45. The Morgan fingerprint density at radius 2 is 1.50 bits per heavy atom. The molecule has 2 aliphatic rings. The molecule has 13 nitrogen and oxygen atoms in total. The van der Waals surface area contributed by atoms with Gasteiger partial charge in [-0.15, -0.1) is 0 Å². The first-order chi connectivity index (χ1) is 16.0. The summed E-state index contributed by atoms with van der Waals surface area (Å²) < 4.78 is 16.3. The summed E-state index contributed by atoms with van der Waals surface area (Å²) in [5, 5.41) is 89.0. The summed E-state index contributed by atoms with van der Waals surface area (Å²) in [4.78, 5) is 12.7. The SMILES string of the molecule is O=C1c2c(O)cc(O[C@@H]3O[C@H](CO)[C@@H](O)[C@H](O)[C@H]3O)cc2O[C@H](c2cc(O)c(O)c(O)c2)[C@H]1O. The molecule has 0 aromatic heterocycles. The fraction of sp³-hybridized carbons (Fsp3) is 0.381. The van der Waals surface area contributed by atoms with Crippen molar-refractivity contribution in [2.75, 3.05) is 6.61 Å². The Morgan fingerprint density at radius 3 is 2.12 bits per heavy atom. The van der Waals surface area contributed by atoms with E-state index in [9.17, 15) is 50.8 Å². The zero-order valence-corrected chi connectivity index (χ0v) is 17.2.